The fourth-order valence-corrected chi connectivity index (χ4v) is 3.17. The molecule has 1 aromatic rings. The SMILES string of the molecule is O=C1NC(=O)C(c2ccc(Cl)cc2Br)C1Br. The van der Waals surface area contributed by atoms with Crippen molar-refractivity contribution in [2.24, 2.45) is 0 Å². The molecule has 1 N–H and O–H groups in total. The molecule has 2 amide bonds. The number of carbonyl (C=O) groups is 2. The van der Waals surface area contributed by atoms with E-state index in [0.29, 0.717) is 5.02 Å². The highest BCUT2D eigenvalue weighted by molar-refractivity contribution is 9.10. The maximum atomic E-state index is 11.6. The van der Waals surface area contributed by atoms with Crippen molar-refractivity contribution in [1.29, 1.82) is 0 Å². The summed E-state index contributed by atoms with van der Waals surface area (Å²) in [6, 6.07) is 5.13. The van der Waals surface area contributed by atoms with E-state index in [1.54, 1.807) is 18.2 Å². The van der Waals surface area contributed by atoms with Crippen LogP contribution in [0, 0.1) is 0 Å². The Morgan fingerprint density at radius 1 is 1.25 bits per heavy atom. The van der Waals surface area contributed by atoms with Crippen LogP contribution in [0.5, 0.6) is 0 Å². The summed E-state index contributed by atoms with van der Waals surface area (Å²) < 4.78 is 0.722. The molecule has 0 aliphatic carbocycles. The Bertz CT molecular complexity index is 478. The minimum absolute atomic E-state index is 0.296. The zero-order chi connectivity index (χ0) is 11.9. The Hall–Kier alpha value is -0.390. The Morgan fingerprint density at radius 3 is 2.44 bits per heavy atom. The first kappa shape index (κ1) is 12.1. The largest absolute Gasteiger partial charge is 0.295 e. The molecule has 1 saturated heterocycles. The highest BCUT2D eigenvalue weighted by atomic mass is 79.9. The molecular formula is C10H6Br2ClNO2. The molecule has 1 fully saturated rings. The minimum Gasteiger partial charge on any atom is -0.295 e. The number of imide groups is 1. The molecule has 0 aromatic heterocycles. The molecular weight excluding hydrogens is 361 g/mol. The van der Waals surface area contributed by atoms with Gasteiger partial charge in [0.15, 0.2) is 0 Å². The third kappa shape index (κ3) is 2.04. The summed E-state index contributed by atoms with van der Waals surface area (Å²) >= 11 is 12.4. The van der Waals surface area contributed by atoms with Gasteiger partial charge in [0.1, 0.15) is 4.83 Å². The lowest BCUT2D eigenvalue weighted by Crippen LogP contribution is -2.22. The van der Waals surface area contributed by atoms with Gasteiger partial charge in [-0.2, -0.15) is 0 Å². The van der Waals surface area contributed by atoms with Crippen LogP contribution in [0.1, 0.15) is 11.5 Å². The van der Waals surface area contributed by atoms with Crippen molar-refractivity contribution in [2.75, 3.05) is 0 Å². The monoisotopic (exact) mass is 365 g/mol. The first-order valence-corrected chi connectivity index (χ1v) is 6.53. The lowest BCUT2D eigenvalue weighted by Gasteiger charge is -2.12. The molecule has 1 heterocycles. The smallest absolute Gasteiger partial charge is 0.241 e. The predicted octanol–water partition coefficient (Wildman–Crippen LogP) is 2.61. The molecule has 1 aliphatic rings. The maximum Gasteiger partial charge on any atom is 0.241 e. The number of rotatable bonds is 1. The van der Waals surface area contributed by atoms with Crippen molar-refractivity contribution in [1.82, 2.24) is 5.32 Å². The van der Waals surface area contributed by atoms with Crippen LogP contribution in [0.3, 0.4) is 0 Å². The van der Waals surface area contributed by atoms with Gasteiger partial charge in [-0.05, 0) is 17.7 Å². The van der Waals surface area contributed by atoms with E-state index in [-0.39, 0.29) is 11.8 Å². The van der Waals surface area contributed by atoms with Gasteiger partial charge in [0.25, 0.3) is 0 Å². The van der Waals surface area contributed by atoms with Crippen LogP contribution in [0.4, 0.5) is 0 Å². The molecule has 3 nitrogen and oxygen atoms in total. The van der Waals surface area contributed by atoms with E-state index in [0.717, 1.165) is 10.0 Å². The molecule has 2 rings (SSSR count). The summed E-state index contributed by atoms with van der Waals surface area (Å²) in [5.74, 6) is -1.12. The van der Waals surface area contributed by atoms with Crippen LogP contribution in [0.2, 0.25) is 5.02 Å². The molecule has 84 valence electrons. The third-order valence-corrected chi connectivity index (χ3v) is 4.24. The molecule has 0 spiro atoms. The number of carbonyl (C=O) groups excluding carboxylic acids is 2. The van der Waals surface area contributed by atoms with Gasteiger partial charge < -0.3 is 0 Å². The fraction of sp³-hybridized carbons (Fsp3) is 0.200. The lowest BCUT2D eigenvalue weighted by molar-refractivity contribution is -0.125. The van der Waals surface area contributed by atoms with Gasteiger partial charge in [0.05, 0.1) is 5.92 Å². The number of hydrogen-bond acceptors (Lipinski definition) is 2. The highest BCUT2D eigenvalue weighted by Gasteiger charge is 2.41. The Morgan fingerprint density at radius 2 is 1.94 bits per heavy atom. The van der Waals surface area contributed by atoms with Crippen molar-refractivity contribution >= 4 is 55.3 Å². The first-order valence-electron chi connectivity index (χ1n) is 4.44. The molecule has 1 aliphatic heterocycles. The summed E-state index contributed by atoms with van der Waals surface area (Å²) in [7, 11) is 0. The van der Waals surface area contributed by atoms with E-state index in [9.17, 15) is 9.59 Å². The zero-order valence-electron chi connectivity index (χ0n) is 7.84. The summed E-state index contributed by atoms with van der Waals surface area (Å²) in [6.45, 7) is 0. The van der Waals surface area contributed by atoms with E-state index in [4.69, 9.17) is 11.6 Å². The summed E-state index contributed by atoms with van der Waals surface area (Å²) in [5, 5.41) is 2.85. The summed E-state index contributed by atoms with van der Waals surface area (Å²) in [6.07, 6.45) is 0. The van der Waals surface area contributed by atoms with Gasteiger partial charge in [-0.1, -0.05) is 49.5 Å². The number of benzene rings is 1. The zero-order valence-corrected chi connectivity index (χ0v) is 11.8. The Balaban J connectivity index is 2.44. The predicted molar refractivity (Wildman–Crippen MR) is 67.8 cm³/mol. The standard InChI is InChI=1S/C10H6Br2ClNO2/c11-6-3-4(13)1-2-5(6)7-8(12)10(16)14-9(7)15/h1-3,7-8H,(H,14,15,16). The van der Waals surface area contributed by atoms with Gasteiger partial charge in [-0.15, -0.1) is 0 Å². The quantitative estimate of drug-likeness (QED) is 0.613. The molecule has 1 aromatic carbocycles. The van der Waals surface area contributed by atoms with Crippen molar-refractivity contribution in [3.63, 3.8) is 0 Å². The van der Waals surface area contributed by atoms with Gasteiger partial charge in [-0.3, -0.25) is 14.9 Å². The second-order valence-electron chi connectivity index (χ2n) is 3.40. The summed E-state index contributed by atoms with van der Waals surface area (Å²) in [5.41, 5.74) is 0.745. The van der Waals surface area contributed by atoms with E-state index in [1.165, 1.54) is 0 Å². The number of hydrogen-bond donors (Lipinski definition) is 1. The normalized spacial score (nSPS) is 24.7. The minimum atomic E-state index is -0.530. The molecule has 6 heteroatoms. The lowest BCUT2D eigenvalue weighted by atomic mass is 9.98. The molecule has 0 bridgehead atoms. The van der Waals surface area contributed by atoms with Crippen LogP contribution in [0.15, 0.2) is 22.7 Å². The van der Waals surface area contributed by atoms with Gasteiger partial charge in [0, 0.05) is 9.50 Å². The van der Waals surface area contributed by atoms with E-state index >= 15 is 0 Å². The van der Waals surface area contributed by atoms with E-state index in [1.807, 2.05) is 0 Å². The molecule has 0 radical (unpaired) electrons. The fourth-order valence-electron chi connectivity index (χ4n) is 1.61. The Labute approximate surface area is 114 Å². The van der Waals surface area contributed by atoms with Crippen molar-refractivity contribution in [3.05, 3.63) is 33.3 Å². The van der Waals surface area contributed by atoms with E-state index in [2.05, 4.69) is 37.2 Å². The van der Waals surface area contributed by atoms with Gasteiger partial charge in [0.2, 0.25) is 11.8 Å². The number of halogens is 3. The molecule has 2 unspecified atom stereocenters. The van der Waals surface area contributed by atoms with Crippen LogP contribution >= 0.6 is 43.5 Å². The number of amides is 2. The molecule has 0 saturated carbocycles. The van der Waals surface area contributed by atoms with Gasteiger partial charge >= 0.3 is 0 Å². The van der Waals surface area contributed by atoms with Crippen LogP contribution < -0.4 is 5.32 Å². The topological polar surface area (TPSA) is 46.2 Å². The summed E-state index contributed by atoms with van der Waals surface area (Å²) in [4.78, 5) is 22.4. The van der Waals surface area contributed by atoms with Crippen molar-refractivity contribution < 1.29 is 9.59 Å². The second kappa shape index (κ2) is 4.47. The van der Waals surface area contributed by atoms with Gasteiger partial charge in [-0.25, -0.2) is 0 Å². The number of alkyl halides is 1. The van der Waals surface area contributed by atoms with Crippen LogP contribution in [0.25, 0.3) is 0 Å². The maximum absolute atomic E-state index is 11.6. The highest BCUT2D eigenvalue weighted by Crippen LogP contribution is 2.35. The average Bonchev–Trinajstić information content (AvgIpc) is 2.43. The number of nitrogens with one attached hydrogen (secondary N) is 1. The second-order valence-corrected chi connectivity index (χ2v) is 5.68. The third-order valence-electron chi connectivity index (χ3n) is 2.37. The van der Waals surface area contributed by atoms with Crippen LogP contribution in [-0.4, -0.2) is 16.6 Å². The van der Waals surface area contributed by atoms with E-state index < -0.39 is 10.7 Å². The molecule has 16 heavy (non-hydrogen) atoms. The Kier molecular flexibility index (Phi) is 3.37. The van der Waals surface area contributed by atoms with Crippen LogP contribution in [-0.2, 0) is 9.59 Å². The first-order chi connectivity index (χ1) is 7.50. The van der Waals surface area contributed by atoms with Crippen molar-refractivity contribution in [2.45, 2.75) is 10.7 Å². The molecule has 2 atom stereocenters. The van der Waals surface area contributed by atoms with Crippen molar-refractivity contribution in [3.8, 4) is 0 Å². The average molecular weight is 367 g/mol.